The molecule has 0 bridgehead atoms. The topological polar surface area (TPSA) is 26.3 Å². The van der Waals surface area contributed by atoms with E-state index in [0.29, 0.717) is 18.1 Å². The summed E-state index contributed by atoms with van der Waals surface area (Å²) >= 11 is 0. The SMILES string of the molecule is CCCCOC(=O)c1ccc(/C=C(\C)c2cc3c(cc2CC(C)C)C(C)(C)CC3(C)C)cc1. The zero-order valence-electron chi connectivity index (χ0n) is 22.0. The summed E-state index contributed by atoms with van der Waals surface area (Å²) in [6.07, 6.45) is 6.42. The van der Waals surface area contributed by atoms with E-state index in [-0.39, 0.29) is 16.8 Å². The van der Waals surface area contributed by atoms with Crippen LogP contribution in [0.5, 0.6) is 0 Å². The minimum atomic E-state index is -0.238. The number of carbonyl (C=O) groups excluding carboxylic acids is 1. The van der Waals surface area contributed by atoms with Crippen molar-refractivity contribution in [1.29, 1.82) is 0 Å². The van der Waals surface area contributed by atoms with E-state index in [1.54, 1.807) is 0 Å². The Morgan fingerprint density at radius 2 is 1.64 bits per heavy atom. The first kappa shape index (κ1) is 25.3. The fourth-order valence-corrected chi connectivity index (χ4v) is 5.47. The number of ether oxygens (including phenoxy) is 1. The third kappa shape index (κ3) is 5.78. The molecule has 0 aliphatic heterocycles. The van der Waals surface area contributed by atoms with Crippen LogP contribution in [-0.4, -0.2) is 12.6 Å². The van der Waals surface area contributed by atoms with E-state index in [0.717, 1.165) is 24.8 Å². The van der Waals surface area contributed by atoms with Gasteiger partial charge >= 0.3 is 5.97 Å². The van der Waals surface area contributed by atoms with Crippen molar-refractivity contribution in [3.05, 3.63) is 69.8 Å². The number of hydrogen-bond acceptors (Lipinski definition) is 2. The molecule has 33 heavy (non-hydrogen) atoms. The van der Waals surface area contributed by atoms with Crippen LogP contribution in [0.3, 0.4) is 0 Å². The Hall–Kier alpha value is -2.35. The largest absolute Gasteiger partial charge is 0.462 e. The monoisotopic (exact) mass is 446 g/mol. The van der Waals surface area contributed by atoms with E-state index >= 15 is 0 Å². The van der Waals surface area contributed by atoms with Crippen LogP contribution in [0, 0.1) is 5.92 Å². The summed E-state index contributed by atoms with van der Waals surface area (Å²) in [4.78, 5) is 12.2. The van der Waals surface area contributed by atoms with Crippen molar-refractivity contribution in [3.63, 3.8) is 0 Å². The highest BCUT2D eigenvalue weighted by Crippen LogP contribution is 2.50. The Morgan fingerprint density at radius 3 is 2.21 bits per heavy atom. The number of fused-ring (bicyclic) bond motifs is 1. The smallest absolute Gasteiger partial charge is 0.338 e. The molecule has 2 nitrogen and oxygen atoms in total. The van der Waals surface area contributed by atoms with Crippen LogP contribution in [0.25, 0.3) is 11.6 Å². The van der Waals surface area contributed by atoms with Crippen LogP contribution >= 0.6 is 0 Å². The van der Waals surface area contributed by atoms with Crippen molar-refractivity contribution >= 4 is 17.6 Å². The molecular formula is C31H42O2. The highest BCUT2D eigenvalue weighted by atomic mass is 16.5. The fourth-order valence-electron chi connectivity index (χ4n) is 5.47. The number of rotatable bonds is 8. The fraction of sp³-hybridized carbons (Fsp3) is 0.516. The van der Waals surface area contributed by atoms with Crippen molar-refractivity contribution in [1.82, 2.24) is 0 Å². The summed E-state index contributed by atoms with van der Waals surface area (Å²) < 4.78 is 5.34. The third-order valence-corrected chi connectivity index (χ3v) is 6.90. The van der Waals surface area contributed by atoms with Crippen molar-refractivity contribution < 1.29 is 9.53 Å². The first-order valence-corrected chi connectivity index (χ1v) is 12.6. The van der Waals surface area contributed by atoms with Crippen LogP contribution in [0.4, 0.5) is 0 Å². The Morgan fingerprint density at radius 1 is 1.03 bits per heavy atom. The standard InChI is InChI=1S/C31H42O2/c1-9-10-15-33-29(32)24-13-11-23(12-14-24)17-22(4)26-19-28-27(18-25(26)16-21(2)3)30(5,6)20-31(28,7)8/h11-14,17-19,21H,9-10,15-16,20H2,1-8H3/b22-17+. The molecule has 0 amide bonds. The van der Waals surface area contributed by atoms with Gasteiger partial charge in [-0.2, -0.15) is 0 Å². The normalized spacial score (nSPS) is 16.7. The first-order chi connectivity index (χ1) is 15.4. The number of unbranched alkanes of at least 4 members (excludes halogenated alkanes) is 1. The van der Waals surface area contributed by atoms with Crippen molar-refractivity contribution in [2.24, 2.45) is 5.92 Å². The van der Waals surface area contributed by atoms with Gasteiger partial charge < -0.3 is 4.74 Å². The number of carbonyl (C=O) groups is 1. The third-order valence-electron chi connectivity index (χ3n) is 6.90. The minimum Gasteiger partial charge on any atom is -0.462 e. The number of hydrogen-bond donors (Lipinski definition) is 0. The van der Waals surface area contributed by atoms with Gasteiger partial charge in [0.2, 0.25) is 0 Å². The Labute approximate surface area is 201 Å². The van der Waals surface area contributed by atoms with Gasteiger partial charge in [0.15, 0.2) is 0 Å². The van der Waals surface area contributed by atoms with Crippen LogP contribution < -0.4 is 0 Å². The molecule has 0 fully saturated rings. The van der Waals surface area contributed by atoms with Gasteiger partial charge in [-0.05, 0) is 88.5 Å². The number of esters is 1. The summed E-state index contributed by atoms with van der Waals surface area (Å²) in [5.41, 5.74) is 9.20. The molecule has 1 aliphatic carbocycles. The highest BCUT2D eigenvalue weighted by molar-refractivity contribution is 5.90. The van der Waals surface area contributed by atoms with Crippen LogP contribution in [0.15, 0.2) is 36.4 Å². The van der Waals surface area contributed by atoms with Gasteiger partial charge in [-0.1, -0.05) is 85.2 Å². The van der Waals surface area contributed by atoms with E-state index in [1.807, 2.05) is 24.3 Å². The second kappa shape index (κ2) is 9.87. The van der Waals surface area contributed by atoms with Gasteiger partial charge in [0, 0.05) is 0 Å². The second-order valence-corrected chi connectivity index (χ2v) is 11.5. The summed E-state index contributed by atoms with van der Waals surface area (Å²) in [7, 11) is 0. The summed E-state index contributed by atoms with van der Waals surface area (Å²) in [6, 6.07) is 12.7. The molecule has 2 aromatic carbocycles. The molecule has 178 valence electrons. The molecule has 2 aromatic rings. The lowest BCUT2D eigenvalue weighted by atomic mass is 9.82. The van der Waals surface area contributed by atoms with Crippen LogP contribution in [0.2, 0.25) is 0 Å². The lowest BCUT2D eigenvalue weighted by molar-refractivity contribution is 0.0499. The van der Waals surface area contributed by atoms with Gasteiger partial charge in [0.25, 0.3) is 0 Å². The molecule has 0 aromatic heterocycles. The summed E-state index contributed by atoms with van der Waals surface area (Å²) in [5.74, 6) is 0.364. The predicted octanol–water partition coefficient (Wildman–Crippen LogP) is 8.36. The average molecular weight is 447 g/mol. The molecular weight excluding hydrogens is 404 g/mol. The van der Waals surface area contributed by atoms with E-state index in [2.05, 4.69) is 73.6 Å². The highest BCUT2D eigenvalue weighted by Gasteiger charge is 2.42. The Balaban J connectivity index is 1.94. The zero-order chi connectivity index (χ0) is 24.4. The maximum absolute atomic E-state index is 12.2. The Kier molecular flexibility index (Phi) is 7.56. The van der Waals surface area contributed by atoms with Gasteiger partial charge in [0.05, 0.1) is 12.2 Å². The van der Waals surface area contributed by atoms with E-state index in [4.69, 9.17) is 4.74 Å². The first-order valence-electron chi connectivity index (χ1n) is 12.6. The molecule has 0 heterocycles. The molecule has 0 spiro atoms. The van der Waals surface area contributed by atoms with E-state index in [1.165, 1.54) is 34.2 Å². The molecule has 0 saturated heterocycles. The number of benzene rings is 2. The van der Waals surface area contributed by atoms with Crippen LogP contribution in [0.1, 0.15) is 113 Å². The molecule has 0 N–H and O–H groups in total. The second-order valence-electron chi connectivity index (χ2n) is 11.5. The maximum Gasteiger partial charge on any atom is 0.338 e. The summed E-state index contributed by atoms with van der Waals surface area (Å²) in [5, 5.41) is 0. The van der Waals surface area contributed by atoms with Crippen molar-refractivity contribution in [2.75, 3.05) is 6.61 Å². The van der Waals surface area contributed by atoms with Gasteiger partial charge in [-0.15, -0.1) is 0 Å². The molecule has 0 radical (unpaired) electrons. The van der Waals surface area contributed by atoms with Crippen molar-refractivity contribution in [2.45, 2.75) is 91.9 Å². The molecule has 0 saturated carbocycles. The lowest BCUT2D eigenvalue weighted by Gasteiger charge is -2.22. The lowest BCUT2D eigenvalue weighted by Crippen LogP contribution is -2.18. The minimum absolute atomic E-state index is 0.185. The quantitative estimate of drug-likeness (QED) is 0.231. The number of allylic oxidation sites excluding steroid dienone is 1. The van der Waals surface area contributed by atoms with E-state index < -0.39 is 0 Å². The molecule has 0 atom stereocenters. The van der Waals surface area contributed by atoms with Crippen molar-refractivity contribution in [3.8, 4) is 0 Å². The van der Waals surface area contributed by atoms with Gasteiger partial charge in [0.1, 0.15) is 0 Å². The van der Waals surface area contributed by atoms with Gasteiger partial charge in [-0.25, -0.2) is 4.79 Å². The maximum atomic E-state index is 12.2. The Bertz CT molecular complexity index is 1020. The molecule has 0 unspecified atom stereocenters. The average Bonchev–Trinajstić information content (AvgIpc) is 2.90. The predicted molar refractivity (Wildman–Crippen MR) is 141 cm³/mol. The van der Waals surface area contributed by atoms with Gasteiger partial charge in [-0.3, -0.25) is 0 Å². The van der Waals surface area contributed by atoms with Crippen LogP contribution in [-0.2, 0) is 22.0 Å². The molecule has 3 rings (SSSR count). The van der Waals surface area contributed by atoms with E-state index in [9.17, 15) is 4.79 Å². The summed E-state index contributed by atoms with van der Waals surface area (Å²) in [6.45, 7) is 18.9. The zero-order valence-corrected chi connectivity index (χ0v) is 22.0. The molecule has 2 heteroatoms. The molecule has 1 aliphatic rings.